The summed E-state index contributed by atoms with van der Waals surface area (Å²) >= 11 is 1.81. The van der Waals surface area contributed by atoms with Crippen molar-refractivity contribution in [2.45, 2.75) is 18.7 Å². The van der Waals surface area contributed by atoms with Crippen LogP contribution in [0.15, 0.2) is 29.2 Å². The van der Waals surface area contributed by atoms with Crippen molar-refractivity contribution in [3.05, 3.63) is 24.3 Å². The molecule has 0 radical (unpaired) electrons. The fourth-order valence-electron chi connectivity index (χ4n) is 1.46. The summed E-state index contributed by atoms with van der Waals surface area (Å²) in [7, 11) is 1.89. The summed E-state index contributed by atoms with van der Waals surface area (Å²) in [4.78, 5) is 14.5. The Kier molecular flexibility index (Phi) is 5.91. The molecule has 0 aromatic heterocycles. The van der Waals surface area contributed by atoms with Gasteiger partial charge in [0.2, 0.25) is 0 Å². The van der Waals surface area contributed by atoms with Crippen LogP contribution < -0.4 is 4.90 Å². The quantitative estimate of drug-likeness (QED) is 0.576. The number of hydrogen-bond acceptors (Lipinski definition) is 4. The van der Waals surface area contributed by atoms with Gasteiger partial charge in [0.25, 0.3) is 0 Å². The lowest BCUT2D eigenvalue weighted by molar-refractivity contribution is -0.141. The molecule has 1 rings (SSSR count). The molecule has 0 aliphatic heterocycles. The number of carbonyl (C=O) groups is 1. The van der Waals surface area contributed by atoms with E-state index < -0.39 is 0 Å². The smallest absolute Gasteiger partial charge is 0.325 e. The van der Waals surface area contributed by atoms with Gasteiger partial charge in [-0.2, -0.15) is 0 Å². The number of carbonyl (C=O) groups excluding carboxylic acids is 1. The fourth-order valence-corrected chi connectivity index (χ4v) is 2.12. The second-order valence-electron chi connectivity index (χ2n) is 3.59. The number of thioether (sulfide) groups is 1. The fraction of sp³-hybridized carbons (Fsp3) is 0.462. The Labute approximate surface area is 107 Å². The van der Waals surface area contributed by atoms with Crippen LogP contribution in [0.5, 0.6) is 0 Å². The normalized spacial score (nSPS) is 10.1. The minimum absolute atomic E-state index is 0.193. The van der Waals surface area contributed by atoms with E-state index in [1.54, 1.807) is 0 Å². The Morgan fingerprint density at radius 1 is 1.29 bits per heavy atom. The zero-order valence-corrected chi connectivity index (χ0v) is 11.4. The number of nitrogens with zero attached hydrogens (tertiary/aromatic N) is 1. The van der Waals surface area contributed by atoms with Gasteiger partial charge < -0.3 is 9.64 Å². The maximum absolute atomic E-state index is 11.3. The molecule has 0 heterocycles. The van der Waals surface area contributed by atoms with Gasteiger partial charge in [-0.15, -0.1) is 11.8 Å². The van der Waals surface area contributed by atoms with Crippen LogP contribution in [0.2, 0.25) is 0 Å². The third-order valence-corrected chi connectivity index (χ3v) is 3.15. The van der Waals surface area contributed by atoms with E-state index in [9.17, 15) is 4.79 Å². The molecule has 17 heavy (non-hydrogen) atoms. The van der Waals surface area contributed by atoms with Crippen molar-refractivity contribution in [3.63, 3.8) is 0 Å². The Morgan fingerprint density at radius 3 is 2.47 bits per heavy atom. The first-order valence-electron chi connectivity index (χ1n) is 5.77. The number of rotatable bonds is 6. The van der Waals surface area contributed by atoms with Gasteiger partial charge in [-0.1, -0.05) is 6.92 Å². The molecular weight excluding hydrogens is 234 g/mol. The van der Waals surface area contributed by atoms with Crippen LogP contribution in [0.25, 0.3) is 0 Å². The van der Waals surface area contributed by atoms with E-state index in [4.69, 9.17) is 4.74 Å². The largest absolute Gasteiger partial charge is 0.465 e. The van der Waals surface area contributed by atoms with E-state index in [1.165, 1.54) is 4.90 Å². The standard InChI is InChI=1S/C13H19NO2S/c1-4-16-13(15)10-14(3)11-6-8-12(9-7-11)17-5-2/h6-9H,4-5,10H2,1-3H3. The Hall–Kier alpha value is -1.16. The van der Waals surface area contributed by atoms with E-state index in [0.717, 1.165) is 11.4 Å². The predicted octanol–water partition coefficient (Wildman–Crippen LogP) is 2.80. The van der Waals surface area contributed by atoms with Crippen LogP contribution in [0.3, 0.4) is 0 Å². The zero-order chi connectivity index (χ0) is 12.7. The summed E-state index contributed by atoms with van der Waals surface area (Å²) in [5.74, 6) is 0.875. The lowest BCUT2D eigenvalue weighted by Gasteiger charge is -2.18. The molecule has 0 bridgehead atoms. The first-order chi connectivity index (χ1) is 8.17. The van der Waals surface area contributed by atoms with Crippen molar-refractivity contribution in [1.29, 1.82) is 0 Å². The highest BCUT2D eigenvalue weighted by molar-refractivity contribution is 7.99. The highest BCUT2D eigenvalue weighted by Gasteiger charge is 2.07. The molecule has 3 nitrogen and oxygen atoms in total. The van der Waals surface area contributed by atoms with Crippen LogP contribution >= 0.6 is 11.8 Å². The van der Waals surface area contributed by atoms with Crippen molar-refractivity contribution in [2.75, 3.05) is 30.9 Å². The molecule has 1 aromatic rings. The molecule has 0 atom stereocenters. The molecule has 1 aromatic carbocycles. The number of hydrogen-bond donors (Lipinski definition) is 0. The van der Waals surface area contributed by atoms with E-state index in [-0.39, 0.29) is 12.5 Å². The van der Waals surface area contributed by atoms with Crippen LogP contribution in [0, 0.1) is 0 Å². The Morgan fingerprint density at radius 2 is 1.94 bits per heavy atom. The molecule has 0 fully saturated rings. The van der Waals surface area contributed by atoms with E-state index in [2.05, 4.69) is 19.1 Å². The van der Waals surface area contributed by atoms with Crippen molar-refractivity contribution in [1.82, 2.24) is 0 Å². The number of ether oxygens (including phenoxy) is 1. The van der Waals surface area contributed by atoms with Gasteiger partial charge in [-0.25, -0.2) is 0 Å². The third kappa shape index (κ3) is 4.69. The van der Waals surface area contributed by atoms with E-state index in [1.807, 2.05) is 42.8 Å². The average Bonchev–Trinajstić information content (AvgIpc) is 2.30. The Bertz CT molecular complexity index is 351. The topological polar surface area (TPSA) is 29.5 Å². The minimum Gasteiger partial charge on any atom is -0.465 e. The van der Waals surface area contributed by atoms with Crippen molar-refractivity contribution < 1.29 is 9.53 Å². The molecule has 0 amide bonds. The number of benzene rings is 1. The second kappa shape index (κ2) is 7.22. The van der Waals surface area contributed by atoms with Gasteiger partial charge >= 0.3 is 5.97 Å². The molecular formula is C13H19NO2S. The van der Waals surface area contributed by atoms with Crippen molar-refractivity contribution in [3.8, 4) is 0 Å². The summed E-state index contributed by atoms with van der Waals surface area (Å²) in [6.45, 7) is 4.66. The molecule has 0 aliphatic rings. The SMILES string of the molecule is CCOC(=O)CN(C)c1ccc(SCC)cc1. The summed E-state index contributed by atoms with van der Waals surface area (Å²) < 4.78 is 4.91. The minimum atomic E-state index is -0.193. The Balaban J connectivity index is 2.56. The molecule has 0 saturated carbocycles. The maximum atomic E-state index is 11.3. The molecule has 4 heteroatoms. The average molecular weight is 253 g/mol. The first kappa shape index (κ1) is 13.9. The van der Waals surface area contributed by atoms with E-state index >= 15 is 0 Å². The summed E-state index contributed by atoms with van der Waals surface area (Å²) in [6, 6.07) is 8.20. The first-order valence-corrected chi connectivity index (χ1v) is 6.75. The summed E-state index contributed by atoms with van der Waals surface area (Å²) in [5.41, 5.74) is 1.03. The van der Waals surface area contributed by atoms with Gasteiger partial charge in [0.1, 0.15) is 6.54 Å². The predicted molar refractivity (Wildman–Crippen MR) is 72.7 cm³/mol. The van der Waals surface area contributed by atoms with Crippen molar-refractivity contribution >= 4 is 23.4 Å². The molecule has 0 saturated heterocycles. The molecule has 0 N–H and O–H groups in total. The monoisotopic (exact) mass is 253 g/mol. The van der Waals surface area contributed by atoms with Gasteiger partial charge in [0.05, 0.1) is 6.61 Å². The van der Waals surface area contributed by atoms with Gasteiger partial charge in [0.15, 0.2) is 0 Å². The summed E-state index contributed by atoms with van der Waals surface area (Å²) in [6.07, 6.45) is 0. The molecule has 0 unspecified atom stereocenters. The number of likely N-dealkylation sites (N-methyl/N-ethyl adjacent to an activating group) is 1. The molecule has 94 valence electrons. The van der Waals surface area contributed by atoms with E-state index in [0.29, 0.717) is 6.61 Å². The third-order valence-electron chi connectivity index (χ3n) is 2.26. The second-order valence-corrected chi connectivity index (χ2v) is 4.93. The molecule has 0 aliphatic carbocycles. The zero-order valence-electron chi connectivity index (χ0n) is 10.6. The number of esters is 1. The van der Waals surface area contributed by atoms with Crippen LogP contribution in [-0.4, -0.2) is 31.9 Å². The van der Waals surface area contributed by atoms with Gasteiger partial charge in [-0.05, 0) is 36.9 Å². The lowest BCUT2D eigenvalue weighted by atomic mass is 10.3. The van der Waals surface area contributed by atoms with Crippen molar-refractivity contribution in [2.24, 2.45) is 0 Å². The highest BCUT2D eigenvalue weighted by atomic mass is 32.2. The maximum Gasteiger partial charge on any atom is 0.325 e. The molecule has 0 spiro atoms. The van der Waals surface area contributed by atoms with Crippen LogP contribution in [0.1, 0.15) is 13.8 Å². The van der Waals surface area contributed by atoms with Crippen LogP contribution in [0.4, 0.5) is 5.69 Å². The van der Waals surface area contributed by atoms with Gasteiger partial charge in [-0.3, -0.25) is 4.79 Å². The lowest BCUT2D eigenvalue weighted by Crippen LogP contribution is -2.26. The number of anilines is 1. The van der Waals surface area contributed by atoms with Gasteiger partial charge in [0, 0.05) is 17.6 Å². The highest BCUT2D eigenvalue weighted by Crippen LogP contribution is 2.21. The summed E-state index contributed by atoms with van der Waals surface area (Å²) in [5, 5.41) is 0. The van der Waals surface area contributed by atoms with Crippen LogP contribution in [-0.2, 0) is 9.53 Å².